The minimum absolute atomic E-state index is 0.227. The van der Waals surface area contributed by atoms with E-state index in [4.69, 9.17) is 14.2 Å². The molecule has 0 N–H and O–H groups in total. The lowest BCUT2D eigenvalue weighted by molar-refractivity contribution is -0.144. The Kier molecular flexibility index (Phi) is 48.0. The Balaban J connectivity index is 2.61. The predicted molar refractivity (Wildman–Crippen MR) is 310 cm³/mol. The molecule has 0 aliphatic rings. The van der Waals surface area contributed by atoms with Crippen LogP contribution in [0.4, 0.5) is 0 Å². The van der Waals surface area contributed by atoms with Crippen LogP contribution in [0, 0.1) is 0 Å². The lowest BCUT2D eigenvalue weighted by Crippen LogP contribution is -2.55. The Morgan fingerprint density at radius 1 is 0.293 bits per heavy atom. The summed E-state index contributed by atoms with van der Waals surface area (Å²) in [6.07, 6.45) is 59.5. The van der Waals surface area contributed by atoms with Crippen LogP contribution in [-0.2, 0) is 48.2 Å². The third-order valence-corrected chi connectivity index (χ3v) is 14.0. The first-order chi connectivity index (χ1) is 36.8. The molecule has 1 aromatic heterocycles. The van der Waals surface area contributed by atoms with Crippen molar-refractivity contribution in [2.75, 3.05) is 19.8 Å². The lowest BCUT2D eigenvalue weighted by atomic mass is 10.1. The van der Waals surface area contributed by atoms with E-state index in [2.05, 4.69) is 57.2 Å². The van der Waals surface area contributed by atoms with Crippen molar-refractivity contribution in [1.29, 1.82) is 0 Å². The zero-order valence-corrected chi connectivity index (χ0v) is 48.4. The van der Waals surface area contributed by atoms with E-state index in [-0.39, 0.29) is 58.7 Å². The maximum atomic E-state index is 13.6. The van der Waals surface area contributed by atoms with Gasteiger partial charge in [0.2, 0.25) is 0 Å². The normalized spacial score (nSPS) is 11.7. The molecule has 12 nitrogen and oxygen atoms in total. The van der Waals surface area contributed by atoms with Gasteiger partial charge in [0, 0.05) is 19.3 Å². The highest BCUT2D eigenvalue weighted by atomic mass is 16.5. The number of unbranched alkanes of at least 4 members (excludes halogenated alkanes) is 33. The summed E-state index contributed by atoms with van der Waals surface area (Å²) in [5.41, 5.74) is -2.65. The standard InChI is InChI=1S/C63H111N3O9/c1-4-7-10-13-16-19-22-25-28-31-34-37-40-43-46-49-58(67)73-55-52-64-61(70)65(53-56-74-59(68)50-47-44-41-38-35-32-29-26-23-20-17-14-11-8-5-2)63(72)66(62(64)71)54-57-75-60(69)51-48-45-42-39-36-33-30-27-24-21-18-15-12-9-6-3/h22-27H,4-21,28-57H2,1-3H3/b25-22+,26-23+,27-24+. The third kappa shape index (κ3) is 40.9. The highest BCUT2D eigenvalue weighted by Gasteiger charge is 2.17. The van der Waals surface area contributed by atoms with Gasteiger partial charge in [-0.1, -0.05) is 211 Å². The number of hydrogen-bond acceptors (Lipinski definition) is 9. The number of rotatable bonds is 54. The van der Waals surface area contributed by atoms with E-state index in [0.29, 0.717) is 19.3 Å². The van der Waals surface area contributed by atoms with Gasteiger partial charge in [-0.15, -0.1) is 0 Å². The topological polar surface area (TPSA) is 145 Å². The fourth-order valence-electron chi connectivity index (χ4n) is 9.25. The van der Waals surface area contributed by atoms with Gasteiger partial charge >= 0.3 is 35.0 Å². The first kappa shape index (κ1) is 69.1. The van der Waals surface area contributed by atoms with Gasteiger partial charge in [-0.05, 0) is 96.3 Å². The lowest BCUT2D eigenvalue weighted by Gasteiger charge is -2.14. The highest BCUT2D eigenvalue weighted by molar-refractivity contribution is 5.69. The molecule has 0 atom stereocenters. The molecule has 75 heavy (non-hydrogen) atoms. The number of nitrogens with zero attached hydrogens (tertiary/aromatic N) is 3. The molecule has 0 saturated carbocycles. The Morgan fingerprint density at radius 2 is 0.480 bits per heavy atom. The predicted octanol–water partition coefficient (Wildman–Crippen LogP) is 15.9. The smallest absolute Gasteiger partial charge is 0.336 e. The Labute approximate surface area is 456 Å². The molecule has 0 saturated heterocycles. The number of ether oxygens (including phenoxy) is 3. The van der Waals surface area contributed by atoms with Crippen molar-refractivity contribution in [1.82, 2.24) is 13.7 Å². The summed E-state index contributed by atoms with van der Waals surface area (Å²) in [5, 5.41) is 0. The molecule has 432 valence electrons. The fraction of sp³-hybridized carbons (Fsp3) is 0.810. The summed E-state index contributed by atoms with van der Waals surface area (Å²) in [5.74, 6) is -1.23. The molecule has 0 unspecified atom stereocenters. The van der Waals surface area contributed by atoms with E-state index >= 15 is 0 Å². The van der Waals surface area contributed by atoms with E-state index < -0.39 is 35.0 Å². The molecular formula is C63H111N3O9. The second-order valence-electron chi connectivity index (χ2n) is 21.0. The van der Waals surface area contributed by atoms with Gasteiger partial charge < -0.3 is 14.2 Å². The first-order valence-corrected chi connectivity index (χ1v) is 31.1. The number of hydrogen-bond donors (Lipinski definition) is 0. The van der Waals surface area contributed by atoms with Crippen LogP contribution in [0.5, 0.6) is 0 Å². The number of carbonyl (C=O) groups is 3. The fourth-order valence-corrected chi connectivity index (χ4v) is 9.25. The van der Waals surface area contributed by atoms with Crippen molar-refractivity contribution >= 4 is 17.9 Å². The summed E-state index contributed by atoms with van der Waals surface area (Å²) in [4.78, 5) is 78.7. The van der Waals surface area contributed by atoms with Crippen LogP contribution >= 0.6 is 0 Å². The van der Waals surface area contributed by atoms with Crippen LogP contribution in [0.3, 0.4) is 0 Å². The molecule has 1 rings (SSSR count). The third-order valence-electron chi connectivity index (χ3n) is 14.0. The molecule has 12 heteroatoms. The minimum Gasteiger partial charge on any atom is -0.464 e. The molecule has 1 aromatic rings. The number of esters is 3. The second-order valence-corrected chi connectivity index (χ2v) is 21.0. The van der Waals surface area contributed by atoms with Crippen molar-refractivity contribution in [2.45, 2.75) is 310 Å². The van der Waals surface area contributed by atoms with Gasteiger partial charge in [0.15, 0.2) is 0 Å². The first-order valence-electron chi connectivity index (χ1n) is 31.1. The monoisotopic (exact) mass is 1050 g/mol. The molecule has 0 amide bonds. The van der Waals surface area contributed by atoms with Crippen molar-refractivity contribution in [3.05, 3.63) is 67.9 Å². The molecule has 0 spiro atoms. The Morgan fingerprint density at radius 3 is 0.693 bits per heavy atom. The zero-order valence-electron chi connectivity index (χ0n) is 48.4. The van der Waals surface area contributed by atoms with Gasteiger partial charge in [-0.2, -0.15) is 0 Å². The minimum atomic E-state index is -0.884. The number of allylic oxidation sites excluding steroid dienone is 6. The Hall–Kier alpha value is -3.96. The van der Waals surface area contributed by atoms with Crippen LogP contribution in [0.2, 0.25) is 0 Å². The molecular weight excluding hydrogens is 943 g/mol. The van der Waals surface area contributed by atoms with Gasteiger partial charge in [0.1, 0.15) is 19.8 Å². The van der Waals surface area contributed by atoms with Crippen molar-refractivity contribution in [3.63, 3.8) is 0 Å². The van der Waals surface area contributed by atoms with E-state index in [9.17, 15) is 28.8 Å². The average Bonchev–Trinajstić information content (AvgIpc) is 3.40. The van der Waals surface area contributed by atoms with Crippen molar-refractivity contribution in [3.8, 4) is 0 Å². The van der Waals surface area contributed by atoms with Crippen LogP contribution < -0.4 is 17.1 Å². The molecule has 0 radical (unpaired) electrons. The van der Waals surface area contributed by atoms with E-state index in [1.54, 1.807) is 0 Å². The van der Waals surface area contributed by atoms with Gasteiger partial charge in [0.25, 0.3) is 0 Å². The van der Waals surface area contributed by atoms with Crippen LogP contribution in [0.15, 0.2) is 50.8 Å². The van der Waals surface area contributed by atoms with Crippen molar-refractivity contribution < 1.29 is 28.6 Å². The van der Waals surface area contributed by atoms with Gasteiger partial charge in [-0.25, -0.2) is 28.1 Å². The Bertz CT molecular complexity index is 1570. The highest BCUT2D eigenvalue weighted by Crippen LogP contribution is 2.14. The van der Waals surface area contributed by atoms with Crippen LogP contribution in [0.25, 0.3) is 0 Å². The number of aromatic nitrogens is 3. The number of carbonyl (C=O) groups excluding carboxylic acids is 3. The molecule has 0 fully saturated rings. The molecule has 0 bridgehead atoms. The molecule has 0 aromatic carbocycles. The van der Waals surface area contributed by atoms with Gasteiger partial charge in [0.05, 0.1) is 19.6 Å². The van der Waals surface area contributed by atoms with Crippen LogP contribution in [0.1, 0.15) is 290 Å². The molecule has 0 aliphatic heterocycles. The maximum Gasteiger partial charge on any atom is 0.336 e. The van der Waals surface area contributed by atoms with Crippen LogP contribution in [-0.4, -0.2) is 51.4 Å². The van der Waals surface area contributed by atoms with Gasteiger partial charge in [-0.3, -0.25) is 14.4 Å². The van der Waals surface area contributed by atoms with E-state index in [1.807, 2.05) is 0 Å². The average molecular weight is 1050 g/mol. The SMILES string of the molecule is CCCCCCC/C=C/CCCCCCCCC(=O)OCCn1c(=O)n(CCOC(=O)CCCCCCCC/C=C/CCCCCCC)c(=O)n(CCOC(=O)CCCCCCCC/C=C/CCCCCCC)c1=O. The summed E-state index contributed by atoms with van der Waals surface area (Å²) in [6, 6.07) is 0. The summed E-state index contributed by atoms with van der Waals surface area (Å²) in [7, 11) is 0. The second kappa shape index (κ2) is 52.1. The van der Waals surface area contributed by atoms with Crippen molar-refractivity contribution in [2.24, 2.45) is 0 Å². The van der Waals surface area contributed by atoms with E-state index in [1.165, 1.54) is 154 Å². The van der Waals surface area contributed by atoms with E-state index in [0.717, 1.165) is 90.8 Å². The maximum absolute atomic E-state index is 13.6. The zero-order chi connectivity index (χ0) is 54.5. The summed E-state index contributed by atoms with van der Waals surface area (Å²) < 4.78 is 18.9. The summed E-state index contributed by atoms with van der Waals surface area (Å²) in [6.45, 7) is 5.26. The summed E-state index contributed by atoms with van der Waals surface area (Å²) >= 11 is 0. The molecule has 1 heterocycles. The quantitative estimate of drug-likeness (QED) is 0.0269. The largest absolute Gasteiger partial charge is 0.464 e. The molecule has 0 aliphatic carbocycles.